The average Bonchev–Trinajstić information content (AvgIpc) is 2.31. The van der Waals surface area contributed by atoms with Crippen molar-refractivity contribution in [2.75, 3.05) is 32.5 Å². The summed E-state index contributed by atoms with van der Waals surface area (Å²) in [6, 6.07) is 5.77. The number of hydrogen-bond donors (Lipinski definition) is 3. The van der Waals surface area contributed by atoms with Crippen molar-refractivity contribution in [1.82, 2.24) is 5.32 Å². The van der Waals surface area contributed by atoms with E-state index in [4.69, 9.17) is 23.8 Å². The summed E-state index contributed by atoms with van der Waals surface area (Å²) in [7, 11) is 4.32. The van der Waals surface area contributed by atoms with Crippen LogP contribution in [0.1, 0.15) is 19.4 Å². The molecule has 3 N–H and O–H groups in total. The predicted molar refractivity (Wildman–Crippen MR) is 91.9 cm³/mol. The van der Waals surface area contributed by atoms with Gasteiger partial charge < -0.3 is 15.5 Å². The number of hydrogen-bond acceptors (Lipinski definition) is 1. The van der Waals surface area contributed by atoms with Gasteiger partial charge in [-0.1, -0.05) is 31.5 Å². The molecule has 0 amide bonds. The van der Waals surface area contributed by atoms with Crippen LogP contribution in [0.2, 0.25) is 5.02 Å². The summed E-state index contributed by atoms with van der Waals surface area (Å²) in [6.07, 6.45) is 0. The molecule has 1 rings (SSSR count). The van der Waals surface area contributed by atoms with Gasteiger partial charge in [-0.25, -0.2) is 0 Å². The number of rotatable bonds is 5. The molecule has 0 aromatic heterocycles. The molecule has 20 heavy (non-hydrogen) atoms. The van der Waals surface area contributed by atoms with E-state index in [1.54, 1.807) is 0 Å². The number of thiocarbonyl (C=S) groups is 1. The third-order valence-electron chi connectivity index (χ3n) is 3.08. The second kappa shape index (κ2) is 7.25. The molecule has 0 aliphatic carbocycles. The minimum Gasteiger partial charge on any atom is -0.362 e. The van der Waals surface area contributed by atoms with Gasteiger partial charge in [0.15, 0.2) is 5.11 Å². The maximum atomic E-state index is 6.10. The molecule has 0 spiro atoms. The zero-order valence-electron chi connectivity index (χ0n) is 12.9. The zero-order valence-corrected chi connectivity index (χ0v) is 14.5. The quantitative estimate of drug-likeness (QED) is 0.727. The molecule has 0 bridgehead atoms. The van der Waals surface area contributed by atoms with Crippen LogP contribution in [0.5, 0.6) is 0 Å². The van der Waals surface area contributed by atoms with E-state index in [9.17, 15) is 0 Å². The molecule has 5 heteroatoms. The summed E-state index contributed by atoms with van der Waals surface area (Å²) in [4.78, 5) is 1.43. The Morgan fingerprint density at radius 3 is 2.60 bits per heavy atom. The highest BCUT2D eigenvalue weighted by Crippen LogP contribution is 2.22. The van der Waals surface area contributed by atoms with Crippen LogP contribution in [-0.4, -0.2) is 32.3 Å². The van der Waals surface area contributed by atoms with Crippen molar-refractivity contribution in [2.24, 2.45) is 5.41 Å². The molecule has 0 aliphatic heterocycles. The first kappa shape index (κ1) is 17.2. The molecule has 0 atom stereocenters. The lowest BCUT2D eigenvalue weighted by atomic mass is 9.93. The number of halogens is 1. The Balaban J connectivity index is 2.54. The van der Waals surface area contributed by atoms with E-state index in [2.05, 4.69) is 38.6 Å². The largest absolute Gasteiger partial charge is 0.362 e. The summed E-state index contributed by atoms with van der Waals surface area (Å²) in [5.41, 5.74) is 2.15. The molecule has 0 heterocycles. The minimum atomic E-state index is 0.188. The molecule has 0 saturated carbocycles. The summed E-state index contributed by atoms with van der Waals surface area (Å²) >= 11 is 11.4. The van der Waals surface area contributed by atoms with E-state index in [1.165, 1.54) is 4.90 Å². The molecule has 112 valence electrons. The SMILES string of the molecule is Cc1c(Cl)cccc1NC(=S)NCC(C)(C)C[NH+](C)C. The van der Waals surface area contributed by atoms with Crippen molar-refractivity contribution < 1.29 is 4.90 Å². The van der Waals surface area contributed by atoms with Crippen LogP contribution in [-0.2, 0) is 0 Å². The first-order chi connectivity index (χ1) is 9.21. The molecule has 0 aliphatic rings. The smallest absolute Gasteiger partial charge is 0.170 e. The summed E-state index contributed by atoms with van der Waals surface area (Å²) in [5.74, 6) is 0. The second-order valence-electron chi connectivity index (χ2n) is 6.27. The van der Waals surface area contributed by atoms with Crippen LogP contribution in [0.15, 0.2) is 18.2 Å². The first-order valence-electron chi connectivity index (χ1n) is 6.80. The van der Waals surface area contributed by atoms with Crippen LogP contribution in [0, 0.1) is 12.3 Å². The number of benzene rings is 1. The van der Waals surface area contributed by atoms with Crippen LogP contribution in [0.4, 0.5) is 5.69 Å². The van der Waals surface area contributed by atoms with Crippen LogP contribution in [0.3, 0.4) is 0 Å². The van der Waals surface area contributed by atoms with Crippen LogP contribution in [0.25, 0.3) is 0 Å². The van der Waals surface area contributed by atoms with E-state index >= 15 is 0 Å². The third-order valence-corrected chi connectivity index (χ3v) is 3.73. The Labute approximate surface area is 132 Å². The average molecular weight is 315 g/mol. The topological polar surface area (TPSA) is 28.5 Å². The highest BCUT2D eigenvalue weighted by molar-refractivity contribution is 7.80. The number of nitrogens with one attached hydrogen (secondary N) is 3. The van der Waals surface area contributed by atoms with Gasteiger partial charge in [0.2, 0.25) is 0 Å². The Bertz CT molecular complexity index is 472. The van der Waals surface area contributed by atoms with Gasteiger partial charge in [0.05, 0.1) is 20.6 Å². The van der Waals surface area contributed by atoms with Gasteiger partial charge in [0.25, 0.3) is 0 Å². The van der Waals surface area contributed by atoms with Crippen LogP contribution < -0.4 is 15.5 Å². The van der Waals surface area contributed by atoms with Gasteiger partial charge in [0.1, 0.15) is 0 Å². The van der Waals surface area contributed by atoms with Gasteiger partial charge in [-0.2, -0.15) is 0 Å². The van der Waals surface area contributed by atoms with Gasteiger partial charge in [-0.15, -0.1) is 0 Å². The van der Waals surface area contributed by atoms with Crippen molar-refractivity contribution in [3.8, 4) is 0 Å². The van der Waals surface area contributed by atoms with Gasteiger partial charge >= 0.3 is 0 Å². The molecular weight excluding hydrogens is 290 g/mol. The highest BCUT2D eigenvalue weighted by atomic mass is 35.5. The van der Waals surface area contributed by atoms with E-state index in [-0.39, 0.29) is 5.41 Å². The van der Waals surface area contributed by atoms with Gasteiger partial charge in [-0.05, 0) is 36.8 Å². The number of quaternary nitrogens is 1. The van der Waals surface area contributed by atoms with E-state index in [0.717, 1.165) is 29.4 Å². The first-order valence-corrected chi connectivity index (χ1v) is 7.59. The van der Waals surface area contributed by atoms with Crippen LogP contribution >= 0.6 is 23.8 Å². The van der Waals surface area contributed by atoms with Gasteiger partial charge in [0, 0.05) is 22.7 Å². The maximum Gasteiger partial charge on any atom is 0.170 e. The zero-order chi connectivity index (χ0) is 15.3. The lowest BCUT2D eigenvalue weighted by Gasteiger charge is -2.27. The molecule has 0 saturated heterocycles. The van der Waals surface area contributed by atoms with E-state index in [0.29, 0.717) is 5.11 Å². The standard InChI is InChI=1S/C15H24ClN3S/c1-11-12(16)7-6-8-13(11)18-14(20)17-9-15(2,3)10-19(4)5/h6-8H,9-10H2,1-5H3,(H2,17,18,20)/p+1. The van der Waals surface area contributed by atoms with Crippen molar-refractivity contribution in [3.05, 3.63) is 28.8 Å². The summed E-state index contributed by atoms with van der Waals surface area (Å²) < 4.78 is 0. The number of anilines is 1. The predicted octanol–water partition coefficient (Wildman–Crippen LogP) is 2.11. The summed E-state index contributed by atoms with van der Waals surface area (Å²) in [6.45, 7) is 8.37. The normalized spacial score (nSPS) is 11.6. The fourth-order valence-corrected chi connectivity index (χ4v) is 2.61. The second-order valence-corrected chi connectivity index (χ2v) is 7.08. The van der Waals surface area contributed by atoms with E-state index < -0.39 is 0 Å². The third kappa shape index (κ3) is 5.65. The van der Waals surface area contributed by atoms with Crippen molar-refractivity contribution in [1.29, 1.82) is 0 Å². The molecule has 0 radical (unpaired) electrons. The molecule has 0 fully saturated rings. The molecular formula is C15H25ClN3S+. The molecule has 3 nitrogen and oxygen atoms in total. The fourth-order valence-electron chi connectivity index (χ4n) is 2.25. The van der Waals surface area contributed by atoms with E-state index in [1.807, 2.05) is 25.1 Å². The molecule has 0 unspecified atom stereocenters. The van der Waals surface area contributed by atoms with Gasteiger partial charge in [-0.3, -0.25) is 0 Å². The fraction of sp³-hybridized carbons (Fsp3) is 0.533. The Morgan fingerprint density at radius 1 is 1.35 bits per heavy atom. The minimum absolute atomic E-state index is 0.188. The van der Waals surface area contributed by atoms with Crippen molar-refractivity contribution >= 4 is 34.6 Å². The maximum absolute atomic E-state index is 6.10. The van der Waals surface area contributed by atoms with Crippen molar-refractivity contribution in [2.45, 2.75) is 20.8 Å². The van der Waals surface area contributed by atoms with Crippen molar-refractivity contribution in [3.63, 3.8) is 0 Å². The lowest BCUT2D eigenvalue weighted by Crippen LogP contribution is -3.07. The lowest BCUT2D eigenvalue weighted by molar-refractivity contribution is -0.865. The molecule has 1 aromatic carbocycles. The monoisotopic (exact) mass is 314 g/mol. The Kier molecular flexibility index (Phi) is 6.24. The molecule has 1 aromatic rings. The Hall–Kier alpha value is -0.840. The highest BCUT2D eigenvalue weighted by Gasteiger charge is 2.21. The Morgan fingerprint density at radius 2 is 2.00 bits per heavy atom. The summed E-state index contributed by atoms with van der Waals surface area (Å²) in [5, 5.41) is 7.87.